The highest BCUT2D eigenvalue weighted by atomic mass is 16.3. The van der Waals surface area contributed by atoms with Crippen LogP contribution in [0.2, 0.25) is 0 Å². The van der Waals surface area contributed by atoms with E-state index in [1.54, 1.807) is 24.3 Å². The Kier molecular flexibility index (Phi) is 4.06. The number of carbonyl (C=O) groups is 1. The van der Waals surface area contributed by atoms with Gasteiger partial charge in [0.1, 0.15) is 5.75 Å². The Morgan fingerprint density at radius 3 is 2.70 bits per heavy atom. The first kappa shape index (κ1) is 13.6. The van der Waals surface area contributed by atoms with Crippen molar-refractivity contribution in [1.82, 2.24) is 4.90 Å². The molecule has 1 heterocycles. The van der Waals surface area contributed by atoms with Crippen molar-refractivity contribution in [1.29, 1.82) is 0 Å². The summed E-state index contributed by atoms with van der Waals surface area (Å²) in [5.74, 6) is 2.20. The molecule has 20 heavy (non-hydrogen) atoms. The van der Waals surface area contributed by atoms with Crippen molar-refractivity contribution in [3.63, 3.8) is 0 Å². The van der Waals surface area contributed by atoms with Gasteiger partial charge >= 0.3 is 0 Å². The molecule has 1 aliphatic carbocycles. The highest BCUT2D eigenvalue weighted by Crippen LogP contribution is 2.36. The largest absolute Gasteiger partial charge is 0.508 e. The lowest BCUT2D eigenvalue weighted by Crippen LogP contribution is -2.31. The number of Topliss-reactive ketones (excluding diaryl/α,β-unsaturated/α-hetero) is 1. The SMILES string of the molecule is O=C(CCN1CC[C@H]2CC[C@@H](C2)C1)c1ccc(O)cc1. The average molecular weight is 273 g/mol. The second-order valence-corrected chi connectivity index (χ2v) is 6.35. The van der Waals surface area contributed by atoms with Gasteiger partial charge in [-0.15, -0.1) is 0 Å². The van der Waals surface area contributed by atoms with Gasteiger partial charge in [-0.05, 0) is 61.9 Å². The second kappa shape index (κ2) is 5.96. The lowest BCUT2D eigenvalue weighted by molar-refractivity contribution is 0.0960. The minimum Gasteiger partial charge on any atom is -0.508 e. The highest BCUT2D eigenvalue weighted by Gasteiger charge is 2.29. The van der Waals surface area contributed by atoms with Gasteiger partial charge in [0.25, 0.3) is 0 Å². The summed E-state index contributed by atoms with van der Waals surface area (Å²) < 4.78 is 0. The average Bonchev–Trinajstić information content (AvgIpc) is 2.78. The molecule has 1 saturated carbocycles. The summed E-state index contributed by atoms with van der Waals surface area (Å²) in [4.78, 5) is 14.6. The van der Waals surface area contributed by atoms with Crippen molar-refractivity contribution >= 4 is 5.78 Å². The summed E-state index contributed by atoms with van der Waals surface area (Å²) in [5.41, 5.74) is 0.708. The molecule has 0 aromatic heterocycles. The first-order valence-corrected chi connectivity index (χ1v) is 7.75. The standard InChI is InChI=1S/C17H23NO2/c19-16-5-3-15(4-6-16)17(20)8-10-18-9-7-13-1-2-14(11-13)12-18/h3-6,13-14,19H,1-2,7-12H2/t13-,14+/m1/s1. The third-order valence-electron chi connectivity index (χ3n) is 4.86. The third-order valence-corrected chi connectivity index (χ3v) is 4.86. The van der Waals surface area contributed by atoms with Crippen LogP contribution in [0.5, 0.6) is 5.75 Å². The summed E-state index contributed by atoms with van der Waals surface area (Å²) in [7, 11) is 0. The van der Waals surface area contributed by atoms with Crippen LogP contribution in [0.3, 0.4) is 0 Å². The van der Waals surface area contributed by atoms with Crippen LogP contribution < -0.4 is 0 Å². The van der Waals surface area contributed by atoms with Crippen LogP contribution in [-0.2, 0) is 0 Å². The molecule has 108 valence electrons. The maximum atomic E-state index is 12.1. The number of nitrogens with zero attached hydrogens (tertiary/aromatic N) is 1. The van der Waals surface area contributed by atoms with Gasteiger partial charge in [0.2, 0.25) is 0 Å². The van der Waals surface area contributed by atoms with Gasteiger partial charge in [-0.2, -0.15) is 0 Å². The van der Waals surface area contributed by atoms with Crippen molar-refractivity contribution in [3.05, 3.63) is 29.8 Å². The number of phenolic OH excluding ortho intramolecular Hbond substituents is 1. The van der Waals surface area contributed by atoms with Crippen LogP contribution >= 0.6 is 0 Å². The first-order chi connectivity index (χ1) is 9.70. The molecule has 1 saturated heterocycles. The van der Waals surface area contributed by atoms with Gasteiger partial charge in [-0.3, -0.25) is 4.79 Å². The Labute approximate surface area is 120 Å². The maximum Gasteiger partial charge on any atom is 0.164 e. The molecule has 3 nitrogen and oxygen atoms in total. The van der Waals surface area contributed by atoms with E-state index in [2.05, 4.69) is 4.90 Å². The molecule has 1 aromatic carbocycles. The number of likely N-dealkylation sites (tertiary alicyclic amines) is 1. The maximum absolute atomic E-state index is 12.1. The molecule has 1 aliphatic heterocycles. The van der Waals surface area contributed by atoms with E-state index in [1.165, 1.54) is 32.2 Å². The predicted octanol–water partition coefficient (Wildman–Crippen LogP) is 3.09. The molecule has 1 aromatic rings. The number of rotatable bonds is 4. The topological polar surface area (TPSA) is 40.5 Å². The zero-order valence-electron chi connectivity index (χ0n) is 11.9. The smallest absolute Gasteiger partial charge is 0.164 e. The molecular formula is C17H23NO2. The summed E-state index contributed by atoms with van der Waals surface area (Å²) >= 11 is 0. The molecule has 0 unspecified atom stereocenters. The van der Waals surface area contributed by atoms with E-state index in [1.807, 2.05) is 0 Å². The zero-order valence-corrected chi connectivity index (χ0v) is 11.9. The van der Waals surface area contributed by atoms with Crippen molar-refractivity contribution in [2.24, 2.45) is 11.8 Å². The fourth-order valence-corrected chi connectivity index (χ4v) is 3.68. The third kappa shape index (κ3) is 3.21. The molecule has 2 bridgehead atoms. The van der Waals surface area contributed by atoms with Gasteiger partial charge in [0, 0.05) is 25.1 Å². The van der Waals surface area contributed by atoms with E-state index in [0.717, 1.165) is 24.9 Å². The Hall–Kier alpha value is -1.35. The van der Waals surface area contributed by atoms with Gasteiger partial charge < -0.3 is 10.0 Å². The van der Waals surface area contributed by atoms with E-state index in [4.69, 9.17) is 0 Å². The van der Waals surface area contributed by atoms with Gasteiger partial charge in [0.15, 0.2) is 5.78 Å². The lowest BCUT2D eigenvalue weighted by Gasteiger charge is -2.24. The number of hydrogen-bond acceptors (Lipinski definition) is 3. The minimum atomic E-state index is 0.180. The Morgan fingerprint density at radius 1 is 1.15 bits per heavy atom. The monoisotopic (exact) mass is 273 g/mol. The van der Waals surface area contributed by atoms with Crippen molar-refractivity contribution in [2.75, 3.05) is 19.6 Å². The quantitative estimate of drug-likeness (QED) is 0.857. The van der Waals surface area contributed by atoms with Crippen molar-refractivity contribution in [2.45, 2.75) is 32.1 Å². The fourth-order valence-electron chi connectivity index (χ4n) is 3.68. The van der Waals surface area contributed by atoms with Crippen LogP contribution in [0.15, 0.2) is 24.3 Å². The van der Waals surface area contributed by atoms with E-state index >= 15 is 0 Å². The summed E-state index contributed by atoms with van der Waals surface area (Å²) in [5, 5.41) is 9.24. The van der Waals surface area contributed by atoms with E-state index in [-0.39, 0.29) is 11.5 Å². The van der Waals surface area contributed by atoms with E-state index in [9.17, 15) is 9.90 Å². The molecule has 1 N–H and O–H groups in total. The number of phenols is 1. The first-order valence-electron chi connectivity index (χ1n) is 7.75. The van der Waals surface area contributed by atoms with Gasteiger partial charge in [0.05, 0.1) is 0 Å². The number of aromatic hydroxyl groups is 1. The molecule has 3 rings (SSSR count). The fraction of sp³-hybridized carbons (Fsp3) is 0.588. The van der Waals surface area contributed by atoms with Gasteiger partial charge in [-0.1, -0.05) is 6.42 Å². The van der Waals surface area contributed by atoms with Crippen molar-refractivity contribution < 1.29 is 9.90 Å². The zero-order chi connectivity index (χ0) is 13.9. The van der Waals surface area contributed by atoms with Crippen LogP contribution in [0.4, 0.5) is 0 Å². The molecule has 0 amide bonds. The Bertz CT molecular complexity index is 468. The predicted molar refractivity (Wildman–Crippen MR) is 78.9 cm³/mol. The lowest BCUT2D eigenvalue weighted by atomic mass is 10.0. The number of ketones is 1. The molecular weight excluding hydrogens is 250 g/mol. The van der Waals surface area contributed by atoms with Crippen LogP contribution in [0.25, 0.3) is 0 Å². The molecule has 2 aliphatic rings. The normalized spacial score (nSPS) is 26.4. The summed E-state index contributed by atoms with van der Waals surface area (Å²) in [6.07, 6.45) is 6.10. The molecule has 0 spiro atoms. The summed E-state index contributed by atoms with van der Waals surface area (Å²) in [6, 6.07) is 6.58. The van der Waals surface area contributed by atoms with Crippen LogP contribution in [0, 0.1) is 11.8 Å². The molecule has 0 radical (unpaired) electrons. The highest BCUT2D eigenvalue weighted by molar-refractivity contribution is 5.96. The summed E-state index contributed by atoms with van der Waals surface area (Å²) in [6.45, 7) is 3.21. The van der Waals surface area contributed by atoms with Crippen molar-refractivity contribution in [3.8, 4) is 5.75 Å². The minimum absolute atomic E-state index is 0.180. The number of fused-ring (bicyclic) bond motifs is 2. The number of carbonyl (C=O) groups excluding carboxylic acids is 1. The van der Waals surface area contributed by atoms with Gasteiger partial charge in [-0.25, -0.2) is 0 Å². The number of hydrogen-bond donors (Lipinski definition) is 1. The molecule has 3 heteroatoms. The second-order valence-electron chi connectivity index (χ2n) is 6.35. The van der Waals surface area contributed by atoms with Crippen LogP contribution in [0.1, 0.15) is 42.5 Å². The Morgan fingerprint density at radius 2 is 1.90 bits per heavy atom. The number of benzene rings is 1. The van der Waals surface area contributed by atoms with E-state index < -0.39 is 0 Å². The molecule has 2 fully saturated rings. The Balaban J connectivity index is 1.51. The molecule has 2 atom stereocenters. The van der Waals surface area contributed by atoms with Crippen LogP contribution in [-0.4, -0.2) is 35.4 Å². The van der Waals surface area contributed by atoms with E-state index in [0.29, 0.717) is 12.0 Å².